The van der Waals surface area contributed by atoms with Crippen LogP contribution in [0.4, 0.5) is 4.79 Å². The molecule has 2 aromatic rings. The number of nitrogens with one attached hydrogen (secondary N) is 1. The van der Waals surface area contributed by atoms with Crippen molar-refractivity contribution in [3.8, 4) is 17.2 Å². The normalized spacial score (nSPS) is 17.1. The van der Waals surface area contributed by atoms with E-state index in [0.717, 1.165) is 54.9 Å². The monoisotopic (exact) mass is 398 g/mol. The predicted octanol–water partition coefficient (Wildman–Crippen LogP) is 4.28. The van der Waals surface area contributed by atoms with Gasteiger partial charge in [-0.2, -0.15) is 0 Å². The van der Waals surface area contributed by atoms with Gasteiger partial charge in [0.1, 0.15) is 17.2 Å². The lowest BCUT2D eigenvalue weighted by atomic mass is 10.0. The van der Waals surface area contributed by atoms with Crippen molar-refractivity contribution in [1.82, 2.24) is 10.2 Å². The molecule has 2 aromatic carbocycles. The number of aryl methyl sites for hydroxylation is 1. The zero-order valence-electron chi connectivity index (χ0n) is 17.4. The third kappa shape index (κ3) is 5.13. The Balaban J connectivity index is 1.63. The van der Waals surface area contributed by atoms with Gasteiger partial charge in [0.15, 0.2) is 0 Å². The van der Waals surface area contributed by atoms with Crippen molar-refractivity contribution in [1.29, 1.82) is 0 Å². The number of hydrogen-bond acceptors (Lipinski definition) is 4. The smallest absolute Gasteiger partial charge is 0.318 e. The van der Waals surface area contributed by atoms with Gasteiger partial charge in [-0.25, -0.2) is 4.79 Å². The second-order valence-corrected chi connectivity index (χ2v) is 7.51. The van der Waals surface area contributed by atoms with Crippen LogP contribution in [0, 0.1) is 0 Å². The highest BCUT2D eigenvalue weighted by Gasteiger charge is 2.32. The van der Waals surface area contributed by atoms with Crippen LogP contribution in [0.1, 0.15) is 43.4 Å². The lowest BCUT2D eigenvalue weighted by Gasteiger charge is -2.28. The number of likely N-dealkylation sites (tertiary alicyclic amines) is 1. The molecule has 0 aliphatic carbocycles. The van der Waals surface area contributed by atoms with Gasteiger partial charge >= 0.3 is 6.03 Å². The summed E-state index contributed by atoms with van der Waals surface area (Å²) in [5, 5.41) is 12.5. The lowest BCUT2D eigenvalue weighted by Crippen LogP contribution is -2.43. The van der Waals surface area contributed by atoms with Gasteiger partial charge < -0.3 is 24.8 Å². The number of hydrogen-bond donors (Lipinski definition) is 2. The summed E-state index contributed by atoms with van der Waals surface area (Å²) in [6.07, 6.45) is 3.53. The molecule has 2 atom stereocenters. The molecule has 1 aliphatic heterocycles. The van der Waals surface area contributed by atoms with Gasteiger partial charge in [-0.3, -0.25) is 0 Å². The van der Waals surface area contributed by atoms with Crippen LogP contribution in [0.3, 0.4) is 0 Å². The van der Waals surface area contributed by atoms with Crippen LogP contribution in [0.25, 0.3) is 0 Å². The summed E-state index contributed by atoms with van der Waals surface area (Å²) in [6, 6.07) is 12.9. The molecule has 1 saturated heterocycles. The molecular formula is C23H30N2O4. The molecule has 0 spiro atoms. The van der Waals surface area contributed by atoms with Gasteiger partial charge in [-0.1, -0.05) is 12.1 Å². The minimum atomic E-state index is -0.0458. The third-order valence-electron chi connectivity index (χ3n) is 5.48. The lowest BCUT2D eigenvalue weighted by molar-refractivity contribution is 0.188. The molecule has 29 heavy (non-hydrogen) atoms. The Hall–Kier alpha value is -2.89. The molecule has 0 bridgehead atoms. The summed E-state index contributed by atoms with van der Waals surface area (Å²) in [5.41, 5.74) is 2.13. The molecule has 1 heterocycles. The van der Waals surface area contributed by atoms with Crippen molar-refractivity contribution in [2.24, 2.45) is 0 Å². The standard InChI is InChI=1S/C23H30N2O4/c1-16(6-7-17-8-10-18(26)11-9-17)24-23(27)25-14-4-5-21(25)20-15-19(28-2)12-13-22(20)29-3/h8-13,15-16,21,26H,4-7,14H2,1-3H3,(H,24,27). The Morgan fingerprint density at radius 1 is 1.21 bits per heavy atom. The highest BCUT2D eigenvalue weighted by Crippen LogP contribution is 2.38. The Kier molecular flexibility index (Phi) is 6.86. The number of carbonyl (C=O) groups excluding carboxylic acids is 1. The summed E-state index contributed by atoms with van der Waals surface area (Å²) in [7, 11) is 3.29. The van der Waals surface area contributed by atoms with E-state index in [4.69, 9.17) is 9.47 Å². The topological polar surface area (TPSA) is 71.0 Å². The molecule has 3 rings (SSSR count). The largest absolute Gasteiger partial charge is 0.508 e. The van der Waals surface area contributed by atoms with E-state index in [9.17, 15) is 9.90 Å². The minimum absolute atomic E-state index is 0.0238. The fourth-order valence-corrected chi connectivity index (χ4v) is 3.84. The molecule has 2 amide bonds. The van der Waals surface area contributed by atoms with Gasteiger partial charge in [-0.15, -0.1) is 0 Å². The number of phenolic OH excluding ortho intramolecular Hbond substituents is 1. The highest BCUT2D eigenvalue weighted by atomic mass is 16.5. The van der Waals surface area contributed by atoms with Crippen LogP contribution < -0.4 is 14.8 Å². The van der Waals surface area contributed by atoms with Crippen molar-refractivity contribution in [2.75, 3.05) is 20.8 Å². The van der Waals surface area contributed by atoms with Gasteiger partial charge in [0, 0.05) is 18.2 Å². The molecular weight excluding hydrogens is 368 g/mol. The quantitative estimate of drug-likeness (QED) is 0.730. The fraction of sp³-hybridized carbons (Fsp3) is 0.435. The van der Waals surface area contributed by atoms with Crippen LogP contribution in [0.15, 0.2) is 42.5 Å². The number of benzene rings is 2. The number of aromatic hydroxyl groups is 1. The summed E-state index contributed by atoms with van der Waals surface area (Å²) in [4.78, 5) is 14.9. The maximum atomic E-state index is 13.0. The van der Waals surface area contributed by atoms with E-state index in [1.807, 2.05) is 42.2 Å². The minimum Gasteiger partial charge on any atom is -0.508 e. The Morgan fingerprint density at radius 2 is 1.97 bits per heavy atom. The Morgan fingerprint density at radius 3 is 2.66 bits per heavy atom. The number of rotatable bonds is 7. The zero-order valence-corrected chi connectivity index (χ0v) is 17.4. The van der Waals surface area contributed by atoms with Gasteiger partial charge in [0.05, 0.1) is 20.3 Å². The van der Waals surface area contributed by atoms with Gasteiger partial charge in [-0.05, 0) is 68.5 Å². The molecule has 1 fully saturated rings. The molecule has 1 aliphatic rings. The summed E-state index contributed by atoms with van der Waals surface area (Å²) < 4.78 is 10.9. The van der Waals surface area contributed by atoms with Crippen molar-refractivity contribution in [3.05, 3.63) is 53.6 Å². The fourth-order valence-electron chi connectivity index (χ4n) is 3.84. The number of ether oxygens (including phenoxy) is 2. The molecule has 6 heteroatoms. The molecule has 0 saturated carbocycles. The maximum absolute atomic E-state index is 13.0. The van der Waals surface area contributed by atoms with Crippen molar-refractivity contribution >= 4 is 6.03 Å². The van der Waals surface area contributed by atoms with E-state index >= 15 is 0 Å². The Labute approximate surface area is 172 Å². The molecule has 2 N–H and O–H groups in total. The maximum Gasteiger partial charge on any atom is 0.318 e. The average Bonchev–Trinajstić information content (AvgIpc) is 3.22. The number of phenols is 1. The summed E-state index contributed by atoms with van der Waals surface area (Å²) >= 11 is 0. The predicted molar refractivity (Wildman–Crippen MR) is 113 cm³/mol. The molecule has 0 radical (unpaired) electrons. The van der Waals surface area contributed by atoms with E-state index in [0.29, 0.717) is 0 Å². The van der Waals surface area contributed by atoms with Crippen LogP contribution in [-0.2, 0) is 6.42 Å². The van der Waals surface area contributed by atoms with Crippen molar-refractivity contribution in [3.63, 3.8) is 0 Å². The van der Waals surface area contributed by atoms with Crippen LogP contribution in [-0.4, -0.2) is 42.8 Å². The Bertz CT molecular complexity index is 822. The van der Waals surface area contributed by atoms with E-state index in [-0.39, 0.29) is 23.9 Å². The first-order valence-corrected chi connectivity index (χ1v) is 10.1. The van der Waals surface area contributed by atoms with Crippen LogP contribution in [0.5, 0.6) is 17.2 Å². The highest BCUT2D eigenvalue weighted by molar-refractivity contribution is 5.75. The molecule has 156 valence electrons. The van der Waals surface area contributed by atoms with Gasteiger partial charge in [0.2, 0.25) is 0 Å². The van der Waals surface area contributed by atoms with Crippen LogP contribution in [0.2, 0.25) is 0 Å². The zero-order chi connectivity index (χ0) is 20.8. The first-order valence-electron chi connectivity index (χ1n) is 10.1. The van der Waals surface area contributed by atoms with Crippen LogP contribution >= 0.6 is 0 Å². The molecule has 6 nitrogen and oxygen atoms in total. The summed E-state index contributed by atoms with van der Waals surface area (Å²) in [5.74, 6) is 1.80. The van der Waals surface area contributed by atoms with Crippen molar-refractivity contribution < 1.29 is 19.4 Å². The number of urea groups is 1. The average molecular weight is 399 g/mol. The van der Waals surface area contributed by atoms with E-state index in [1.54, 1.807) is 26.4 Å². The number of nitrogens with zero attached hydrogens (tertiary/aromatic N) is 1. The molecule has 0 aromatic heterocycles. The van der Waals surface area contributed by atoms with Gasteiger partial charge in [0.25, 0.3) is 0 Å². The second kappa shape index (κ2) is 9.54. The third-order valence-corrected chi connectivity index (χ3v) is 5.48. The first kappa shape index (κ1) is 20.8. The number of amides is 2. The number of carbonyl (C=O) groups is 1. The SMILES string of the molecule is COc1ccc(OC)c(C2CCCN2C(=O)NC(C)CCc2ccc(O)cc2)c1. The molecule has 2 unspecified atom stereocenters. The van der Waals surface area contributed by atoms with E-state index in [1.165, 1.54) is 0 Å². The van der Waals surface area contributed by atoms with E-state index < -0.39 is 0 Å². The van der Waals surface area contributed by atoms with E-state index in [2.05, 4.69) is 5.32 Å². The van der Waals surface area contributed by atoms with Crippen molar-refractivity contribution in [2.45, 2.75) is 44.7 Å². The first-order chi connectivity index (χ1) is 14.0. The summed E-state index contributed by atoms with van der Waals surface area (Å²) in [6.45, 7) is 2.75. The second-order valence-electron chi connectivity index (χ2n) is 7.51. The number of methoxy groups -OCH3 is 2.